The molecule has 0 spiro atoms. The van der Waals surface area contributed by atoms with Crippen molar-refractivity contribution in [1.82, 2.24) is 0 Å². The fourth-order valence-electron chi connectivity index (χ4n) is 6.30. The summed E-state index contributed by atoms with van der Waals surface area (Å²) < 4.78 is 0. The molecule has 0 aromatic heterocycles. The van der Waals surface area contributed by atoms with Gasteiger partial charge in [0.1, 0.15) is 0 Å². The number of hydrogen-bond acceptors (Lipinski definition) is 3. The zero-order valence-electron chi connectivity index (χ0n) is 18.4. The number of hydrogen-bond donors (Lipinski definition) is 2. The molecule has 0 heterocycles. The maximum absolute atomic E-state index is 10.9. The van der Waals surface area contributed by atoms with Gasteiger partial charge in [0.25, 0.3) is 0 Å². The van der Waals surface area contributed by atoms with Crippen LogP contribution in [0.4, 0.5) is 0 Å². The van der Waals surface area contributed by atoms with E-state index in [4.69, 9.17) is 4.99 Å². The van der Waals surface area contributed by atoms with Crippen molar-refractivity contribution in [2.75, 3.05) is 0 Å². The van der Waals surface area contributed by atoms with Crippen LogP contribution in [0.5, 0.6) is 11.5 Å². The van der Waals surface area contributed by atoms with Gasteiger partial charge in [-0.1, -0.05) is 47.6 Å². The standard InChI is InChI=1S/C25H37NO2/c1-24(2,3)19-12-20(25(4,5)6)23(28)22(27)18(19)13-26-21-16-8-14-7-15(10-16)11-17(21)9-14/h12-17,21,27-28H,7-11H2,1-6H3. The maximum atomic E-state index is 10.9. The van der Waals surface area contributed by atoms with Crippen LogP contribution < -0.4 is 0 Å². The Hall–Kier alpha value is -1.51. The summed E-state index contributed by atoms with van der Waals surface area (Å²) in [4.78, 5) is 5.06. The van der Waals surface area contributed by atoms with Gasteiger partial charge in [-0.15, -0.1) is 0 Å². The monoisotopic (exact) mass is 383 g/mol. The zero-order chi connectivity index (χ0) is 20.4. The van der Waals surface area contributed by atoms with E-state index in [1.807, 2.05) is 6.21 Å². The molecule has 4 bridgehead atoms. The highest BCUT2D eigenvalue weighted by Gasteiger charge is 2.48. The molecule has 0 unspecified atom stereocenters. The summed E-state index contributed by atoms with van der Waals surface area (Å²) in [5.74, 6) is 3.30. The summed E-state index contributed by atoms with van der Waals surface area (Å²) >= 11 is 0. The topological polar surface area (TPSA) is 52.8 Å². The summed E-state index contributed by atoms with van der Waals surface area (Å²) in [7, 11) is 0. The molecule has 4 fully saturated rings. The molecule has 1 aromatic carbocycles. The molecule has 5 rings (SSSR count). The SMILES string of the molecule is CC(C)(C)c1cc(C(C)(C)C)c(C=NC2C3CC4CC(C3)CC2C4)c(O)c1O. The number of benzene rings is 1. The second-order valence-electron chi connectivity index (χ2n) is 11.8. The molecule has 154 valence electrons. The van der Waals surface area contributed by atoms with Gasteiger partial charge in [-0.25, -0.2) is 0 Å². The first kappa shape index (κ1) is 19.8. The van der Waals surface area contributed by atoms with E-state index in [9.17, 15) is 10.2 Å². The predicted octanol–water partition coefficient (Wildman–Crippen LogP) is 5.94. The van der Waals surface area contributed by atoms with Gasteiger partial charge in [-0.3, -0.25) is 4.99 Å². The van der Waals surface area contributed by atoms with Crippen LogP contribution in [0.15, 0.2) is 11.1 Å². The quantitative estimate of drug-likeness (QED) is 0.491. The molecule has 2 N–H and O–H groups in total. The largest absolute Gasteiger partial charge is 0.504 e. The highest BCUT2D eigenvalue weighted by atomic mass is 16.3. The van der Waals surface area contributed by atoms with Crippen molar-refractivity contribution < 1.29 is 10.2 Å². The number of nitrogens with zero attached hydrogens (tertiary/aromatic N) is 1. The average Bonchev–Trinajstić information content (AvgIpc) is 2.54. The molecule has 4 aliphatic carbocycles. The minimum Gasteiger partial charge on any atom is -0.504 e. The summed E-state index contributed by atoms with van der Waals surface area (Å²) in [5, 5.41) is 21.7. The van der Waals surface area contributed by atoms with Crippen LogP contribution in [0.3, 0.4) is 0 Å². The van der Waals surface area contributed by atoms with Crippen LogP contribution in [-0.2, 0) is 10.8 Å². The Balaban J connectivity index is 1.73. The van der Waals surface area contributed by atoms with Gasteiger partial charge in [0, 0.05) is 17.3 Å². The van der Waals surface area contributed by atoms with Gasteiger partial charge in [0.15, 0.2) is 11.5 Å². The minimum atomic E-state index is -0.237. The molecule has 4 saturated carbocycles. The van der Waals surface area contributed by atoms with Crippen molar-refractivity contribution in [3.63, 3.8) is 0 Å². The van der Waals surface area contributed by atoms with E-state index in [1.165, 1.54) is 32.1 Å². The summed E-state index contributed by atoms with van der Waals surface area (Å²) in [6.45, 7) is 12.7. The molecule has 3 nitrogen and oxygen atoms in total. The highest BCUT2D eigenvalue weighted by Crippen LogP contribution is 2.55. The molecule has 28 heavy (non-hydrogen) atoms. The van der Waals surface area contributed by atoms with E-state index in [0.29, 0.717) is 11.6 Å². The summed E-state index contributed by atoms with van der Waals surface area (Å²) in [5.41, 5.74) is 2.17. The Kier molecular flexibility index (Phi) is 4.60. The number of rotatable bonds is 2. The van der Waals surface area contributed by atoms with Crippen molar-refractivity contribution in [2.45, 2.75) is 90.5 Å². The van der Waals surface area contributed by atoms with Crippen molar-refractivity contribution >= 4 is 6.21 Å². The van der Waals surface area contributed by atoms with Crippen LogP contribution in [0, 0.1) is 23.7 Å². The predicted molar refractivity (Wildman–Crippen MR) is 116 cm³/mol. The first-order chi connectivity index (χ1) is 12.9. The Morgan fingerprint density at radius 2 is 1.29 bits per heavy atom. The van der Waals surface area contributed by atoms with Gasteiger partial charge >= 0.3 is 0 Å². The lowest BCUT2D eigenvalue weighted by Gasteiger charge is -2.53. The fraction of sp³-hybridized carbons (Fsp3) is 0.720. The van der Waals surface area contributed by atoms with Crippen LogP contribution >= 0.6 is 0 Å². The van der Waals surface area contributed by atoms with Crippen LogP contribution in [-0.4, -0.2) is 22.5 Å². The van der Waals surface area contributed by atoms with Crippen LogP contribution in [0.1, 0.15) is 90.3 Å². The van der Waals surface area contributed by atoms with E-state index in [2.05, 4.69) is 47.6 Å². The van der Waals surface area contributed by atoms with E-state index in [-0.39, 0.29) is 22.3 Å². The first-order valence-electron chi connectivity index (χ1n) is 11.1. The number of aliphatic imine (C=N–C) groups is 1. The Morgan fingerprint density at radius 3 is 1.75 bits per heavy atom. The molecule has 3 heteroatoms. The third kappa shape index (κ3) is 3.35. The number of phenolic OH excluding ortho intramolecular Hbond substituents is 2. The first-order valence-corrected chi connectivity index (χ1v) is 11.1. The lowest BCUT2D eigenvalue weighted by atomic mass is 9.54. The molecule has 0 radical (unpaired) electrons. The van der Waals surface area contributed by atoms with Crippen molar-refractivity contribution in [2.24, 2.45) is 28.7 Å². The third-order valence-electron chi connectivity index (χ3n) is 7.48. The lowest BCUT2D eigenvalue weighted by molar-refractivity contribution is 0.00146. The van der Waals surface area contributed by atoms with Gasteiger partial charge in [0.2, 0.25) is 0 Å². The van der Waals surface area contributed by atoms with Crippen LogP contribution in [0.2, 0.25) is 0 Å². The molecule has 1 aromatic rings. The van der Waals surface area contributed by atoms with E-state index >= 15 is 0 Å². The second-order valence-corrected chi connectivity index (χ2v) is 11.8. The molecule has 0 aliphatic heterocycles. The molecule has 0 atom stereocenters. The van der Waals surface area contributed by atoms with E-state index < -0.39 is 0 Å². The van der Waals surface area contributed by atoms with Gasteiger partial charge in [-0.05, 0) is 72.2 Å². The fourth-order valence-corrected chi connectivity index (χ4v) is 6.30. The van der Waals surface area contributed by atoms with Gasteiger partial charge in [-0.2, -0.15) is 0 Å². The number of aromatic hydroxyl groups is 2. The smallest absolute Gasteiger partial charge is 0.166 e. The molecular formula is C25H37NO2. The molecular weight excluding hydrogens is 346 g/mol. The van der Waals surface area contributed by atoms with Crippen molar-refractivity contribution in [3.8, 4) is 11.5 Å². The van der Waals surface area contributed by atoms with Gasteiger partial charge < -0.3 is 10.2 Å². The normalized spacial score (nSPS) is 32.4. The van der Waals surface area contributed by atoms with E-state index in [0.717, 1.165) is 34.8 Å². The lowest BCUT2D eigenvalue weighted by Crippen LogP contribution is -2.47. The van der Waals surface area contributed by atoms with Crippen molar-refractivity contribution in [3.05, 3.63) is 22.8 Å². The second kappa shape index (κ2) is 6.50. The number of phenols is 2. The zero-order valence-corrected chi connectivity index (χ0v) is 18.4. The third-order valence-corrected chi connectivity index (χ3v) is 7.48. The highest BCUT2D eigenvalue weighted by molar-refractivity contribution is 5.88. The van der Waals surface area contributed by atoms with Gasteiger partial charge in [0.05, 0.1) is 6.04 Å². The Labute approximate surface area is 170 Å². The average molecular weight is 384 g/mol. The Morgan fingerprint density at radius 1 is 0.786 bits per heavy atom. The van der Waals surface area contributed by atoms with E-state index in [1.54, 1.807) is 0 Å². The summed E-state index contributed by atoms with van der Waals surface area (Å²) in [6, 6.07) is 2.47. The van der Waals surface area contributed by atoms with Crippen molar-refractivity contribution in [1.29, 1.82) is 0 Å². The van der Waals surface area contributed by atoms with Crippen LogP contribution in [0.25, 0.3) is 0 Å². The minimum absolute atomic E-state index is 0.00651. The maximum Gasteiger partial charge on any atom is 0.166 e. The summed E-state index contributed by atoms with van der Waals surface area (Å²) in [6.07, 6.45) is 8.67. The molecule has 0 saturated heterocycles. The molecule has 4 aliphatic rings. The Bertz CT molecular complexity index is 766. The molecule has 0 amide bonds.